The van der Waals surface area contributed by atoms with Crippen LogP contribution in [-0.4, -0.2) is 43.6 Å². The number of hydrogen-bond donors (Lipinski definition) is 2. The second-order valence-corrected chi connectivity index (χ2v) is 7.00. The molecule has 0 spiro atoms. The Kier molecular flexibility index (Phi) is 9.93. The summed E-state index contributed by atoms with van der Waals surface area (Å²) in [4.78, 5) is 4.28. The van der Waals surface area contributed by atoms with Crippen molar-refractivity contribution in [1.82, 2.24) is 20.4 Å². The number of hydrogen-bond acceptors (Lipinski definition) is 4. The zero-order valence-corrected chi connectivity index (χ0v) is 20.8. The standard InChI is InChI=1S/C22H26ClN5O2.HI/c1-24-22(25-11-10-16-4-9-20(29-2)21(12-16)30-3)26-13-17-14-27-28(15-17)19-7-5-18(23)6-8-19;/h4-9,12,14-15H,10-11,13H2,1-3H3,(H2,24,25,26);1H. The van der Waals surface area contributed by atoms with Gasteiger partial charge in [-0.3, -0.25) is 4.99 Å². The van der Waals surface area contributed by atoms with Gasteiger partial charge in [-0.2, -0.15) is 5.10 Å². The lowest BCUT2D eigenvalue weighted by molar-refractivity contribution is 0.354. The van der Waals surface area contributed by atoms with Gasteiger partial charge in [0.05, 0.1) is 26.1 Å². The zero-order valence-electron chi connectivity index (χ0n) is 17.8. The van der Waals surface area contributed by atoms with Crippen LogP contribution in [0.3, 0.4) is 0 Å². The Morgan fingerprint density at radius 2 is 1.77 bits per heavy atom. The van der Waals surface area contributed by atoms with E-state index in [9.17, 15) is 0 Å². The number of aliphatic imine (C=N–C) groups is 1. The average Bonchev–Trinajstić information content (AvgIpc) is 3.25. The first-order valence-corrected chi connectivity index (χ1v) is 9.95. The number of nitrogens with zero attached hydrogens (tertiary/aromatic N) is 3. The normalized spacial score (nSPS) is 10.9. The predicted molar refractivity (Wildman–Crippen MR) is 135 cm³/mol. The molecule has 0 radical (unpaired) electrons. The number of guanidine groups is 1. The SMILES string of the molecule is CN=C(NCCc1ccc(OC)c(OC)c1)NCc1cnn(-c2ccc(Cl)cc2)c1.I. The molecule has 3 aromatic rings. The summed E-state index contributed by atoms with van der Waals surface area (Å²) in [6.45, 7) is 1.35. The van der Waals surface area contributed by atoms with Crippen molar-refractivity contribution in [3.63, 3.8) is 0 Å². The Labute approximate surface area is 204 Å². The highest BCUT2D eigenvalue weighted by Gasteiger charge is 2.06. The Bertz CT molecular complexity index is 992. The number of rotatable bonds is 8. The van der Waals surface area contributed by atoms with E-state index in [0.29, 0.717) is 11.6 Å². The van der Waals surface area contributed by atoms with E-state index in [2.05, 4.69) is 20.7 Å². The summed E-state index contributed by atoms with van der Waals surface area (Å²) in [7, 11) is 5.03. The van der Waals surface area contributed by atoms with Gasteiger partial charge in [-0.1, -0.05) is 17.7 Å². The van der Waals surface area contributed by atoms with Crippen molar-refractivity contribution in [3.8, 4) is 17.2 Å². The van der Waals surface area contributed by atoms with Crippen LogP contribution in [0.5, 0.6) is 11.5 Å². The number of halogens is 2. The molecule has 0 aliphatic heterocycles. The smallest absolute Gasteiger partial charge is 0.191 e. The van der Waals surface area contributed by atoms with Crippen molar-refractivity contribution in [2.75, 3.05) is 27.8 Å². The van der Waals surface area contributed by atoms with E-state index < -0.39 is 0 Å². The first-order chi connectivity index (χ1) is 14.6. The molecule has 1 heterocycles. The van der Waals surface area contributed by atoms with Crippen molar-refractivity contribution in [3.05, 3.63) is 71.0 Å². The molecule has 0 amide bonds. The van der Waals surface area contributed by atoms with E-state index in [0.717, 1.165) is 47.2 Å². The minimum absolute atomic E-state index is 0. The van der Waals surface area contributed by atoms with E-state index >= 15 is 0 Å². The van der Waals surface area contributed by atoms with Crippen LogP contribution in [0.2, 0.25) is 5.02 Å². The number of methoxy groups -OCH3 is 2. The first kappa shape index (κ1) is 24.8. The maximum Gasteiger partial charge on any atom is 0.191 e. The Balaban J connectivity index is 0.00000341. The molecule has 166 valence electrons. The molecule has 0 saturated carbocycles. The highest BCUT2D eigenvalue weighted by molar-refractivity contribution is 14.0. The van der Waals surface area contributed by atoms with Crippen molar-refractivity contribution in [2.24, 2.45) is 4.99 Å². The molecule has 0 atom stereocenters. The fraction of sp³-hybridized carbons (Fsp3) is 0.273. The van der Waals surface area contributed by atoms with Gasteiger partial charge in [-0.05, 0) is 48.4 Å². The quantitative estimate of drug-likeness (QED) is 0.249. The topological polar surface area (TPSA) is 72.7 Å². The summed E-state index contributed by atoms with van der Waals surface area (Å²) in [5.41, 5.74) is 3.16. The molecule has 9 heteroatoms. The molecule has 7 nitrogen and oxygen atoms in total. The summed E-state index contributed by atoms with van der Waals surface area (Å²) >= 11 is 5.94. The van der Waals surface area contributed by atoms with Crippen molar-refractivity contribution in [2.45, 2.75) is 13.0 Å². The summed E-state index contributed by atoms with van der Waals surface area (Å²) < 4.78 is 12.5. The lowest BCUT2D eigenvalue weighted by atomic mass is 10.1. The van der Waals surface area contributed by atoms with Crippen LogP contribution in [0.1, 0.15) is 11.1 Å². The number of benzene rings is 2. The van der Waals surface area contributed by atoms with Gasteiger partial charge < -0.3 is 20.1 Å². The van der Waals surface area contributed by atoms with Gasteiger partial charge in [-0.25, -0.2) is 4.68 Å². The summed E-state index contributed by atoms with van der Waals surface area (Å²) in [6.07, 6.45) is 4.64. The Hall–Kier alpha value is -2.46. The van der Waals surface area contributed by atoms with E-state index in [1.807, 2.05) is 59.5 Å². The van der Waals surface area contributed by atoms with Gasteiger partial charge in [0, 0.05) is 36.9 Å². The molecule has 0 unspecified atom stereocenters. The van der Waals surface area contributed by atoms with Crippen LogP contribution < -0.4 is 20.1 Å². The van der Waals surface area contributed by atoms with Crippen molar-refractivity contribution < 1.29 is 9.47 Å². The first-order valence-electron chi connectivity index (χ1n) is 9.58. The van der Waals surface area contributed by atoms with E-state index in [4.69, 9.17) is 21.1 Å². The van der Waals surface area contributed by atoms with E-state index in [-0.39, 0.29) is 24.0 Å². The summed E-state index contributed by atoms with van der Waals surface area (Å²) in [5.74, 6) is 2.19. The highest BCUT2D eigenvalue weighted by atomic mass is 127. The molecule has 0 fully saturated rings. The average molecular weight is 556 g/mol. The molecule has 1 aromatic heterocycles. The van der Waals surface area contributed by atoms with Crippen molar-refractivity contribution >= 4 is 41.5 Å². The molecule has 0 aliphatic rings. The van der Waals surface area contributed by atoms with E-state index in [1.165, 1.54) is 0 Å². The monoisotopic (exact) mass is 555 g/mol. The molecule has 0 saturated heterocycles. The molecular formula is C22H27ClIN5O2. The van der Waals surface area contributed by atoms with Crippen LogP contribution in [0, 0.1) is 0 Å². The summed E-state index contributed by atoms with van der Waals surface area (Å²) in [6, 6.07) is 13.5. The molecular weight excluding hydrogens is 529 g/mol. The fourth-order valence-corrected chi connectivity index (χ4v) is 3.08. The predicted octanol–water partition coefficient (Wildman–Crippen LogP) is 4.07. The van der Waals surface area contributed by atoms with Crippen LogP contribution in [0.25, 0.3) is 5.69 Å². The molecule has 0 aliphatic carbocycles. The second kappa shape index (κ2) is 12.4. The zero-order chi connectivity index (χ0) is 21.3. The third-order valence-electron chi connectivity index (χ3n) is 4.56. The molecule has 2 N–H and O–H groups in total. The number of ether oxygens (including phenoxy) is 2. The Morgan fingerprint density at radius 3 is 2.45 bits per heavy atom. The van der Waals surface area contributed by atoms with Crippen LogP contribution in [-0.2, 0) is 13.0 Å². The maximum absolute atomic E-state index is 5.94. The van der Waals surface area contributed by atoms with Gasteiger partial charge in [0.15, 0.2) is 17.5 Å². The molecule has 3 rings (SSSR count). The van der Waals surface area contributed by atoms with Crippen molar-refractivity contribution in [1.29, 1.82) is 0 Å². The van der Waals surface area contributed by atoms with Gasteiger partial charge in [0.1, 0.15) is 0 Å². The third kappa shape index (κ3) is 7.03. The van der Waals surface area contributed by atoms with Gasteiger partial charge in [0.2, 0.25) is 0 Å². The maximum atomic E-state index is 5.94. The largest absolute Gasteiger partial charge is 0.493 e. The molecule has 0 bridgehead atoms. The van der Waals surface area contributed by atoms with Gasteiger partial charge >= 0.3 is 0 Å². The lowest BCUT2D eigenvalue weighted by Gasteiger charge is -2.12. The van der Waals surface area contributed by atoms with Crippen LogP contribution in [0.15, 0.2) is 59.9 Å². The van der Waals surface area contributed by atoms with Gasteiger partial charge in [-0.15, -0.1) is 24.0 Å². The Morgan fingerprint density at radius 1 is 1.03 bits per heavy atom. The number of aromatic nitrogens is 2. The minimum Gasteiger partial charge on any atom is -0.493 e. The molecule has 31 heavy (non-hydrogen) atoms. The van der Waals surface area contributed by atoms with Crippen LogP contribution >= 0.6 is 35.6 Å². The second-order valence-electron chi connectivity index (χ2n) is 6.56. The fourth-order valence-electron chi connectivity index (χ4n) is 2.95. The molecule has 2 aromatic carbocycles. The van der Waals surface area contributed by atoms with Crippen LogP contribution in [0.4, 0.5) is 0 Å². The highest BCUT2D eigenvalue weighted by Crippen LogP contribution is 2.27. The van der Waals surface area contributed by atoms with Gasteiger partial charge in [0.25, 0.3) is 0 Å². The minimum atomic E-state index is 0. The lowest BCUT2D eigenvalue weighted by Crippen LogP contribution is -2.37. The van der Waals surface area contributed by atoms with E-state index in [1.54, 1.807) is 21.3 Å². The number of nitrogens with one attached hydrogen (secondary N) is 2. The summed E-state index contributed by atoms with van der Waals surface area (Å²) in [5, 5.41) is 11.7. The third-order valence-corrected chi connectivity index (χ3v) is 4.82.